The Hall–Kier alpha value is -2.70. The Labute approximate surface area is 165 Å². The maximum absolute atomic E-state index is 12.8. The van der Waals surface area contributed by atoms with Crippen molar-refractivity contribution in [3.05, 3.63) is 65.7 Å². The molecule has 2 aromatic carbocycles. The van der Waals surface area contributed by atoms with Crippen molar-refractivity contribution in [2.45, 2.75) is 31.9 Å². The number of benzene rings is 2. The van der Waals surface area contributed by atoms with Gasteiger partial charge < -0.3 is 15.7 Å². The van der Waals surface area contributed by atoms with E-state index < -0.39 is 0 Å². The first-order valence-corrected chi connectivity index (χ1v) is 9.68. The first-order chi connectivity index (χ1) is 13.5. The molecule has 2 amide bonds. The number of aliphatic hydroxyl groups is 1. The molecule has 0 aliphatic carbocycles. The number of anilines is 1. The molecule has 28 heavy (non-hydrogen) atoms. The fourth-order valence-corrected chi connectivity index (χ4v) is 3.36. The molecule has 1 atom stereocenters. The summed E-state index contributed by atoms with van der Waals surface area (Å²) in [6, 6.07) is 16.6. The number of piperidine rings is 1. The number of carbonyl (C=O) groups excluding carboxylic acids is 2. The summed E-state index contributed by atoms with van der Waals surface area (Å²) < 4.78 is 0. The smallest absolute Gasteiger partial charge is 0.253 e. The van der Waals surface area contributed by atoms with Crippen LogP contribution in [0.15, 0.2) is 54.6 Å². The van der Waals surface area contributed by atoms with E-state index in [4.69, 9.17) is 0 Å². The van der Waals surface area contributed by atoms with Crippen LogP contribution in [0.25, 0.3) is 0 Å². The number of hydrogen-bond donors (Lipinski definition) is 3. The second-order valence-electron chi connectivity index (χ2n) is 7.21. The molecule has 148 valence electrons. The topological polar surface area (TPSA) is 81.7 Å². The highest BCUT2D eigenvalue weighted by atomic mass is 16.3. The number of carbonyl (C=O) groups is 2. The van der Waals surface area contributed by atoms with Gasteiger partial charge in [-0.3, -0.25) is 14.5 Å². The first kappa shape index (κ1) is 20.0. The van der Waals surface area contributed by atoms with Crippen molar-refractivity contribution in [1.82, 2.24) is 10.2 Å². The molecule has 1 unspecified atom stereocenters. The van der Waals surface area contributed by atoms with Gasteiger partial charge in [-0.2, -0.15) is 0 Å². The molecular weight excluding hydrogens is 354 g/mol. The highest BCUT2D eigenvalue weighted by molar-refractivity contribution is 6.04. The molecule has 1 aliphatic rings. The lowest BCUT2D eigenvalue weighted by atomic mass is 10.1. The minimum Gasteiger partial charge on any atom is -0.393 e. The van der Waals surface area contributed by atoms with Crippen LogP contribution >= 0.6 is 0 Å². The number of amides is 2. The molecule has 0 bridgehead atoms. The Kier molecular flexibility index (Phi) is 6.79. The summed E-state index contributed by atoms with van der Waals surface area (Å²) in [6.07, 6.45) is 1.10. The summed E-state index contributed by atoms with van der Waals surface area (Å²) >= 11 is 0. The minimum absolute atomic E-state index is 0.141. The van der Waals surface area contributed by atoms with E-state index in [2.05, 4.69) is 10.6 Å². The number of aliphatic hydroxyl groups excluding tert-OH is 1. The number of nitrogens with one attached hydrogen (secondary N) is 2. The van der Waals surface area contributed by atoms with Crippen molar-refractivity contribution < 1.29 is 14.7 Å². The standard InChI is InChI=1S/C22H27N3O3/c1-16(17-7-3-2-4-8-17)23-22(28)19-9-5-6-10-20(19)24-21(27)15-25-13-11-18(26)12-14-25/h2-10,16,18,26H,11-15H2,1H3,(H,23,28)(H,24,27). The quantitative estimate of drug-likeness (QED) is 0.718. The van der Waals surface area contributed by atoms with Gasteiger partial charge in [0.2, 0.25) is 5.91 Å². The number of likely N-dealkylation sites (tertiary alicyclic amines) is 1. The number of para-hydroxylation sites is 1. The first-order valence-electron chi connectivity index (χ1n) is 9.68. The van der Waals surface area contributed by atoms with Crippen LogP contribution in [-0.2, 0) is 4.79 Å². The van der Waals surface area contributed by atoms with Crippen molar-refractivity contribution in [3.8, 4) is 0 Å². The molecule has 6 heteroatoms. The lowest BCUT2D eigenvalue weighted by Crippen LogP contribution is -2.40. The van der Waals surface area contributed by atoms with Gasteiger partial charge in [0.25, 0.3) is 5.91 Å². The zero-order chi connectivity index (χ0) is 19.9. The second-order valence-corrected chi connectivity index (χ2v) is 7.21. The molecular formula is C22H27N3O3. The summed E-state index contributed by atoms with van der Waals surface area (Å²) in [7, 11) is 0. The molecule has 0 radical (unpaired) electrons. The van der Waals surface area contributed by atoms with Gasteiger partial charge in [0.05, 0.1) is 29.9 Å². The van der Waals surface area contributed by atoms with Gasteiger partial charge in [0.1, 0.15) is 0 Å². The van der Waals surface area contributed by atoms with Crippen molar-refractivity contribution in [2.24, 2.45) is 0 Å². The zero-order valence-electron chi connectivity index (χ0n) is 16.1. The van der Waals surface area contributed by atoms with E-state index in [-0.39, 0.29) is 30.5 Å². The minimum atomic E-state index is -0.268. The fourth-order valence-electron chi connectivity index (χ4n) is 3.36. The van der Waals surface area contributed by atoms with E-state index in [1.54, 1.807) is 24.3 Å². The predicted octanol–water partition coefficient (Wildman–Crippen LogP) is 2.57. The van der Waals surface area contributed by atoms with Crippen LogP contribution in [0.5, 0.6) is 0 Å². The molecule has 2 aromatic rings. The van der Waals surface area contributed by atoms with Gasteiger partial charge in [-0.15, -0.1) is 0 Å². The lowest BCUT2D eigenvalue weighted by molar-refractivity contribution is -0.117. The summed E-state index contributed by atoms with van der Waals surface area (Å²) in [5.74, 6) is -0.388. The molecule has 1 heterocycles. The van der Waals surface area contributed by atoms with E-state index in [1.807, 2.05) is 42.2 Å². The number of rotatable bonds is 6. The Balaban J connectivity index is 1.62. The van der Waals surface area contributed by atoms with Gasteiger partial charge in [-0.1, -0.05) is 42.5 Å². The average molecular weight is 381 g/mol. The monoisotopic (exact) mass is 381 g/mol. The van der Waals surface area contributed by atoms with Crippen LogP contribution in [0.4, 0.5) is 5.69 Å². The molecule has 1 aliphatic heterocycles. The molecule has 6 nitrogen and oxygen atoms in total. The van der Waals surface area contributed by atoms with Crippen LogP contribution in [0.1, 0.15) is 41.7 Å². The molecule has 1 saturated heterocycles. The van der Waals surface area contributed by atoms with Crippen molar-refractivity contribution >= 4 is 17.5 Å². The second kappa shape index (κ2) is 9.48. The molecule has 0 aromatic heterocycles. The van der Waals surface area contributed by atoms with E-state index in [9.17, 15) is 14.7 Å². The van der Waals surface area contributed by atoms with Crippen molar-refractivity contribution in [3.63, 3.8) is 0 Å². The van der Waals surface area contributed by atoms with Crippen LogP contribution in [-0.4, -0.2) is 47.6 Å². The Morgan fingerprint density at radius 2 is 1.71 bits per heavy atom. The molecule has 0 spiro atoms. The maximum Gasteiger partial charge on any atom is 0.253 e. The van der Waals surface area contributed by atoms with Gasteiger partial charge in [0.15, 0.2) is 0 Å². The largest absolute Gasteiger partial charge is 0.393 e. The summed E-state index contributed by atoms with van der Waals surface area (Å²) in [4.78, 5) is 27.2. The van der Waals surface area contributed by atoms with E-state index >= 15 is 0 Å². The SMILES string of the molecule is CC(NC(=O)c1ccccc1NC(=O)CN1CCC(O)CC1)c1ccccc1. The normalized spacial score (nSPS) is 16.4. The van der Waals surface area contributed by atoms with E-state index in [0.29, 0.717) is 37.2 Å². The van der Waals surface area contributed by atoms with Crippen molar-refractivity contribution in [2.75, 3.05) is 25.0 Å². The highest BCUT2D eigenvalue weighted by Crippen LogP contribution is 2.18. The van der Waals surface area contributed by atoms with Crippen LogP contribution < -0.4 is 10.6 Å². The highest BCUT2D eigenvalue weighted by Gasteiger charge is 2.20. The molecule has 3 N–H and O–H groups in total. The zero-order valence-corrected chi connectivity index (χ0v) is 16.1. The lowest BCUT2D eigenvalue weighted by Gasteiger charge is -2.28. The summed E-state index contributed by atoms with van der Waals surface area (Å²) in [5.41, 5.74) is 1.96. The third-order valence-electron chi connectivity index (χ3n) is 5.02. The van der Waals surface area contributed by atoms with Gasteiger partial charge in [-0.05, 0) is 37.5 Å². The van der Waals surface area contributed by atoms with Crippen molar-refractivity contribution in [1.29, 1.82) is 0 Å². The average Bonchev–Trinajstić information content (AvgIpc) is 2.70. The Morgan fingerprint density at radius 3 is 2.43 bits per heavy atom. The Bertz CT molecular complexity index is 802. The van der Waals surface area contributed by atoms with Gasteiger partial charge in [-0.25, -0.2) is 0 Å². The maximum atomic E-state index is 12.8. The molecule has 3 rings (SSSR count). The molecule has 0 saturated carbocycles. The summed E-state index contributed by atoms with van der Waals surface area (Å²) in [5, 5.41) is 15.4. The number of nitrogens with zero attached hydrogens (tertiary/aromatic N) is 1. The van der Waals surface area contributed by atoms with Gasteiger partial charge in [0, 0.05) is 13.1 Å². The van der Waals surface area contributed by atoms with Gasteiger partial charge >= 0.3 is 0 Å². The summed E-state index contributed by atoms with van der Waals surface area (Å²) in [6.45, 7) is 3.58. The number of hydrogen-bond acceptors (Lipinski definition) is 4. The van der Waals surface area contributed by atoms with E-state index in [0.717, 1.165) is 5.56 Å². The van der Waals surface area contributed by atoms with E-state index in [1.165, 1.54) is 0 Å². The third kappa shape index (κ3) is 5.41. The predicted molar refractivity (Wildman–Crippen MR) is 109 cm³/mol. The van der Waals surface area contributed by atoms with Crippen LogP contribution in [0.2, 0.25) is 0 Å². The fraction of sp³-hybridized carbons (Fsp3) is 0.364. The third-order valence-corrected chi connectivity index (χ3v) is 5.02. The molecule has 1 fully saturated rings. The Morgan fingerprint density at radius 1 is 1.07 bits per heavy atom. The van der Waals surface area contributed by atoms with Crippen LogP contribution in [0.3, 0.4) is 0 Å². The van der Waals surface area contributed by atoms with Crippen LogP contribution in [0, 0.1) is 0 Å².